The van der Waals surface area contributed by atoms with Crippen LogP contribution in [0.2, 0.25) is 0 Å². The van der Waals surface area contributed by atoms with Crippen LogP contribution >= 0.6 is 0 Å². The molecule has 6 heteroatoms. The highest BCUT2D eigenvalue weighted by molar-refractivity contribution is 5.84. The first kappa shape index (κ1) is 14.8. The Kier molecular flexibility index (Phi) is 3.90. The van der Waals surface area contributed by atoms with Crippen LogP contribution in [0.3, 0.4) is 0 Å². The molecule has 1 fully saturated rings. The van der Waals surface area contributed by atoms with Crippen molar-refractivity contribution in [2.24, 2.45) is 0 Å². The van der Waals surface area contributed by atoms with E-state index in [1.54, 1.807) is 20.8 Å². The van der Waals surface area contributed by atoms with Crippen LogP contribution in [0.5, 0.6) is 0 Å². The molecule has 1 aliphatic rings. The molecule has 18 heavy (non-hydrogen) atoms. The molecular formula is C12H21NO5. The number of carbonyl (C=O) groups is 2. The smallest absolute Gasteiger partial charge is 0.411 e. The van der Waals surface area contributed by atoms with E-state index in [0.29, 0.717) is 6.42 Å². The Morgan fingerprint density at radius 2 is 1.94 bits per heavy atom. The van der Waals surface area contributed by atoms with E-state index in [4.69, 9.17) is 4.74 Å². The van der Waals surface area contributed by atoms with E-state index in [2.05, 4.69) is 0 Å². The van der Waals surface area contributed by atoms with Gasteiger partial charge in [0.25, 0.3) is 0 Å². The minimum atomic E-state index is -1.42. The Hall–Kier alpha value is -1.30. The largest absolute Gasteiger partial charge is 0.480 e. The van der Waals surface area contributed by atoms with Gasteiger partial charge in [-0.15, -0.1) is 0 Å². The number of aliphatic hydroxyl groups is 1. The van der Waals surface area contributed by atoms with Crippen LogP contribution in [-0.4, -0.2) is 51.0 Å². The van der Waals surface area contributed by atoms with Gasteiger partial charge in [0.1, 0.15) is 11.1 Å². The molecule has 0 bridgehead atoms. The quantitative estimate of drug-likeness (QED) is 0.739. The third kappa shape index (κ3) is 3.13. The van der Waals surface area contributed by atoms with Gasteiger partial charge >= 0.3 is 12.1 Å². The van der Waals surface area contributed by atoms with Crippen molar-refractivity contribution >= 4 is 12.1 Å². The molecule has 1 rings (SSSR count). The molecule has 2 atom stereocenters. The van der Waals surface area contributed by atoms with Gasteiger partial charge in [0.15, 0.2) is 0 Å². The van der Waals surface area contributed by atoms with Crippen molar-refractivity contribution in [3.8, 4) is 0 Å². The number of piperidine rings is 1. The fourth-order valence-electron chi connectivity index (χ4n) is 2.01. The van der Waals surface area contributed by atoms with E-state index < -0.39 is 29.3 Å². The lowest BCUT2D eigenvalue weighted by Crippen LogP contribution is -2.60. The van der Waals surface area contributed by atoms with Gasteiger partial charge in [0, 0.05) is 13.0 Å². The number of carboxylic acids is 1. The van der Waals surface area contributed by atoms with Crippen molar-refractivity contribution < 1.29 is 24.5 Å². The molecule has 1 saturated heterocycles. The Morgan fingerprint density at radius 1 is 1.39 bits per heavy atom. The van der Waals surface area contributed by atoms with Gasteiger partial charge in [-0.05, 0) is 34.1 Å². The Bertz CT molecular complexity index is 349. The van der Waals surface area contributed by atoms with E-state index >= 15 is 0 Å². The zero-order chi connectivity index (χ0) is 14.1. The van der Waals surface area contributed by atoms with E-state index in [-0.39, 0.29) is 13.0 Å². The second kappa shape index (κ2) is 4.76. The lowest BCUT2D eigenvalue weighted by Gasteiger charge is -2.43. The van der Waals surface area contributed by atoms with Crippen molar-refractivity contribution in [3.63, 3.8) is 0 Å². The van der Waals surface area contributed by atoms with Crippen LogP contribution in [0.25, 0.3) is 0 Å². The van der Waals surface area contributed by atoms with Gasteiger partial charge in [0.05, 0.1) is 6.10 Å². The average Bonchev–Trinajstić information content (AvgIpc) is 2.13. The SMILES string of the molecule is CC(C)(C)OC(=O)N1CC[C@H](O)CC1(C)C(=O)O. The molecule has 2 N–H and O–H groups in total. The van der Waals surface area contributed by atoms with Crippen LogP contribution in [0, 0.1) is 0 Å². The number of rotatable bonds is 1. The van der Waals surface area contributed by atoms with Gasteiger partial charge in [-0.3, -0.25) is 4.90 Å². The van der Waals surface area contributed by atoms with Gasteiger partial charge in [-0.2, -0.15) is 0 Å². The summed E-state index contributed by atoms with van der Waals surface area (Å²) in [5.41, 5.74) is -2.09. The summed E-state index contributed by atoms with van der Waals surface area (Å²) in [6, 6.07) is 0. The van der Waals surface area contributed by atoms with Gasteiger partial charge < -0.3 is 14.9 Å². The van der Waals surface area contributed by atoms with Crippen molar-refractivity contribution in [1.82, 2.24) is 4.90 Å². The minimum absolute atomic E-state index is 0.0155. The molecule has 1 heterocycles. The molecule has 0 radical (unpaired) electrons. The summed E-state index contributed by atoms with van der Waals surface area (Å²) >= 11 is 0. The highest BCUT2D eigenvalue weighted by Gasteiger charge is 2.48. The molecule has 0 spiro atoms. The van der Waals surface area contributed by atoms with Crippen molar-refractivity contribution in [1.29, 1.82) is 0 Å². The van der Waals surface area contributed by atoms with Crippen molar-refractivity contribution in [2.45, 2.75) is 57.8 Å². The summed E-state index contributed by atoms with van der Waals surface area (Å²) in [7, 11) is 0. The number of amides is 1. The maximum Gasteiger partial charge on any atom is 0.411 e. The normalized spacial score (nSPS) is 28.9. The Morgan fingerprint density at radius 3 is 2.39 bits per heavy atom. The molecular weight excluding hydrogens is 238 g/mol. The first-order chi connectivity index (χ1) is 8.06. The van der Waals surface area contributed by atoms with E-state index in [9.17, 15) is 19.8 Å². The summed E-state index contributed by atoms with van der Waals surface area (Å²) in [4.78, 5) is 24.5. The zero-order valence-electron chi connectivity index (χ0n) is 11.3. The zero-order valence-corrected chi connectivity index (χ0v) is 11.3. The minimum Gasteiger partial charge on any atom is -0.480 e. The summed E-state index contributed by atoms with van der Waals surface area (Å²) in [5, 5.41) is 18.9. The number of ether oxygens (including phenoxy) is 1. The van der Waals surface area contributed by atoms with E-state index in [0.717, 1.165) is 0 Å². The lowest BCUT2D eigenvalue weighted by atomic mass is 9.87. The topological polar surface area (TPSA) is 87.1 Å². The third-order valence-electron chi connectivity index (χ3n) is 2.99. The molecule has 0 aromatic heterocycles. The monoisotopic (exact) mass is 259 g/mol. The fourth-order valence-corrected chi connectivity index (χ4v) is 2.01. The summed E-state index contributed by atoms with van der Waals surface area (Å²) in [5.74, 6) is -1.13. The number of aliphatic hydroxyl groups excluding tert-OH is 1. The van der Waals surface area contributed by atoms with Crippen molar-refractivity contribution in [2.75, 3.05) is 6.54 Å². The van der Waals surface area contributed by atoms with Gasteiger partial charge in [-0.1, -0.05) is 0 Å². The highest BCUT2D eigenvalue weighted by Crippen LogP contribution is 2.30. The summed E-state index contributed by atoms with van der Waals surface area (Å²) < 4.78 is 5.20. The second-order valence-electron chi connectivity index (χ2n) is 5.86. The maximum atomic E-state index is 12.0. The summed E-state index contributed by atoms with van der Waals surface area (Å²) in [6.07, 6.45) is -0.979. The highest BCUT2D eigenvalue weighted by atomic mass is 16.6. The number of carbonyl (C=O) groups excluding carboxylic acids is 1. The van der Waals surface area contributed by atoms with Crippen LogP contribution in [0.1, 0.15) is 40.5 Å². The Labute approximate surface area is 107 Å². The Balaban J connectivity index is 2.91. The van der Waals surface area contributed by atoms with Crippen LogP contribution < -0.4 is 0 Å². The molecule has 0 aromatic rings. The first-order valence-electron chi connectivity index (χ1n) is 5.98. The standard InChI is InChI=1S/C12H21NO5/c1-11(2,3)18-10(17)13-6-5-8(14)7-12(13,4)9(15)16/h8,14H,5-7H2,1-4H3,(H,15,16)/t8-,12?/m0/s1. The number of likely N-dealkylation sites (tertiary alicyclic amines) is 1. The molecule has 1 amide bonds. The van der Waals surface area contributed by atoms with Crippen LogP contribution in [0.4, 0.5) is 4.79 Å². The molecule has 6 nitrogen and oxygen atoms in total. The average molecular weight is 259 g/mol. The van der Waals surface area contributed by atoms with Gasteiger partial charge in [0.2, 0.25) is 0 Å². The maximum absolute atomic E-state index is 12.0. The number of nitrogens with zero attached hydrogens (tertiary/aromatic N) is 1. The number of hydrogen-bond donors (Lipinski definition) is 2. The predicted molar refractivity (Wildman–Crippen MR) is 64.2 cm³/mol. The molecule has 0 aromatic carbocycles. The molecule has 0 saturated carbocycles. The van der Waals surface area contributed by atoms with E-state index in [1.165, 1.54) is 11.8 Å². The molecule has 0 aliphatic carbocycles. The second-order valence-corrected chi connectivity index (χ2v) is 5.86. The van der Waals surface area contributed by atoms with Gasteiger partial charge in [-0.25, -0.2) is 9.59 Å². The fraction of sp³-hybridized carbons (Fsp3) is 0.833. The van der Waals surface area contributed by atoms with Crippen LogP contribution in [-0.2, 0) is 9.53 Å². The molecule has 1 unspecified atom stereocenters. The lowest BCUT2D eigenvalue weighted by molar-refractivity contribution is -0.155. The summed E-state index contributed by atoms with van der Waals surface area (Å²) in [6.45, 7) is 6.78. The van der Waals surface area contributed by atoms with Crippen LogP contribution in [0.15, 0.2) is 0 Å². The number of aliphatic carboxylic acids is 1. The molecule has 1 aliphatic heterocycles. The molecule has 104 valence electrons. The third-order valence-corrected chi connectivity index (χ3v) is 2.99. The first-order valence-corrected chi connectivity index (χ1v) is 5.98. The van der Waals surface area contributed by atoms with Crippen molar-refractivity contribution in [3.05, 3.63) is 0 Å². The number of carboxylic acid groups (broad SMARTS) is 1. The predicted octanol–water partition coefficient (Wildman–Crippen LogP) is 1.22. The van der Waals surface area contributed by atoms with E-state index in [1.807, 2.05) is 0 Å². The number of hydrogen-bond acceptors (Lipinski definition) is 4.